The highest BCUT2D eigenvalue weighted by Gasteiger charge is 2.15. The molecule has 0 saturated carbocycles. The second-order valence-electron chi connectivity index (χ2n) is 6.84. The van der Waals surface area contributed by atoms with E-state index in [2.05, 4.69) is 25.5 Å². The van der Waals surface area contributed by atoms with E-state index in [0.29, 0.717) is 12.3 Å². The predicted molar refractivity (Wildman–Crippen MR) is 109 cm³/mol. The number of rotatable bonds is 6. The third-order valence-corrected chi connectivity index (χ3v) is 4.84. The normalized spacial score (nSPS) is 11.1. The molecule has 3 aromatic heterocycles. The number of aromatic nitrogens is 6. The molecule has 1 aromatic carbocycles. The van der Waals surface area contributed by atoms with E-state index in [-0.39, 0.29) is 18.3 Å². The zero-order valence-corrected chi connectivity index (χ0v) is 16.3. The maximum absolute atomic E-state index is 12.4. The van der Waals surface area contributed by atoms with Crippen molar-refractivity contribution in [1.82, 2.24) is 34.7 Å². The average Bonchev–Trinajstić information content (AvgIpc) is 3.35. The lowest BCUT2D eigenvalue weighted by atomic mass is 10.1. The zero-order valence-electron chi connectivity index (χ0n) is 16.3. The molecular formula is C20H22N8O. The molecule has 0 aliphatic rings. The van der Waals surface area contributed by atoms with E-state index in [4.69, 9.17) is 5.73 Å². The number of amides is 1. The smallest absolute Gasteiger partial charge is 0.254 e. The molecule has 9 heteroatoms. The number of aryl methyl sites for hydroxylation is 2. The quantitative estimate of drug-likeness (QED) is 0.514. The number of nitrogens with zero attached hydrogens (tertiary/aromatic N) is 6. The van der Waals surface area contributed by atoms with Crippen molar-refractivity contribution < 1.29 is 4.79 Å². The van der Waals surface area contributed by atoms with Crippen molar-refractivity contribution in [1.29, 1.82) is 0 Å². The van der Waals surface area contributed by atoms with E-state index in [1.807, 2.05) is 55.1 Å². The summed E-state index contributed by atoms with van der Waals surface area (Å²) in [7, 11) is 0. The van der Waals surface area contributed by atoms with Gasteiger partial charge in [0.15, 0.2) is 0 Å². The van der Waals surface area contributed by atoms with Crippen LogP contribution in [0.15, 0.2) is 42.7 Å². The molecular weight excluding hydrogens is 368 g/mol. The maximum Gasteiger partial charge on any atom is 0.254 e. The summed E-state index contributed by atoms with van der Waals surface area (Å²) in [5.41, 5.74) is 10.2. The van der Waals surface area contributed by atoms with Gasteiger partial charge in [-0.1, -0.05) is 12.1 Å². The monoisotopic (exact) mass is 390 g/mol. The fraction of sp³-hybridized carbons (Fsp3) is 0.250. The number of anilines is 1. The third-order valence-electron chi connectivity index (χ3n) is 4.84. The van der Waals surface area contributed by atoms with Gasteiger partial charge >= 0.3 is 0 Å². The van der Waals surface area contributed by atoms with Crippen LogP contribution >= 0.6 is 0 Å². The number of fused-ring (bicyclic) bond motifs is 1. The van der Waals surface area contributed by atoms with Gasteiger partial charge in [0, 0.05) is 35.9 Å². The van der Waals surface area contributed by atoms with E-state index in [9.17, 15) is 4.79 Å². The molecule has 0 radical (unpaired) electrons. The Balaban J connectivity index is 1.35. The Kier molecular flexibility index (Phi) is 4.94. The number of hydrogen-bond acceptors (Lipinski definition) is 6. The van der Waals surface area contributed by atoms with E-state index >= 15 is 0 Å². The minimum absolute atomic E-state index is 0.0569. The van der Waals surface area contributed by atoms with Crippen LogP contribution in [0.2, 0.25) is 0 Å². The first-order valence-corrected chi connectivity index (χ1v) is 9.35. The van der Waals surface area contributed by atoms with Crippen molar-refractivity contribution >= 4 is 17.6 Å². The summed E-state index contributed by atoms with van der Waals surface area (Å²) in [4.78, 5) is 20.9. The fourth-order valence-electron chi connectivity index (χ4n) is 3.29. The van der Waals surface area contributed by atoms with Crippen LogP contribution in [0.1, 0.15) is 22.5 Å². The second kappa shape index (κ2) is 7.70. The molecule has 4 aromatic rings. The van der Waals surface area contributed by atoms with Crippen molar-refractivity contribution in [3.63, 3.8) is 0 Å². The van der Waals surface area contributed by atoms with Gasteiger partial charge in [-0.2, -0.15) is 14.6 Å². The highest BCUT2D eigenvalue weighted by Crippen LogP contribution is 2.15. The van der Waals surface area contributed by atoms with Crippen LogP contribution in [0.5, 0.6) is 0 Å². The minimum Gasteiger partial charge on any atom is -0.366 e. The van der Waals surface area contributed by atoms with Crippen LogP contribution in [0.3, 0.4) is 0 Å². The van der Waals surface area contributed by atoms with Gasteiger partial charge in [-0.25, -0.2) is 9.67 Å². The SMILES string of the molecule is Cc1nc2nc(N)nn2c(C)c1CC(=O)NCCc1ccc(-n2cccn2)cc1. The molecule has 3 N–H and O–H groups in total. The second-order valence-corrected chi connectivity index (χ2v) is 6.84. The molecule has 4 rings (SSSR count). The molecule has 0 bridgehead atoms. The molecule has 0 spiro atoms. The molecule has 0 saturated heterocycles. The van der Waals surface area contributed by atoms with Crippen LogP contribution in [0, 0.1) is 13.8 Å². The van der Waals surface area contributed by atoms with Crippen molar-refractivity contribution in [2.24, 2.45) is 0 Å². The van der Waals surface area contributed by atoms with Gasteiger partial charge in [0.1, 0.15) is 0 Å². The number of nitrogen functional groups attached to an aromatic ring is 1. The Hall–Kier alpha value is -3.75. The van der Waals surface area contributed by atoms with Crippen molar-refractivity contribution in [3.05, 3.63) is 65.2 Å². The molecule has 0 unspecified atom stereocenters. The van der Waals surface area contributed by atoms with Crippen molar-refractivity contribution in [3.8, 4) is 5.69 Å². The van der Waals surface area contributed by atoms with Gasteiger partial charge in [0.2, 0.25) is 11.9 Å². The van der Waals surface area contributed by atoms with Crippen molar-refractivity contribution in [2.45, 2.75) is 26.7 Å². The summed E-state index contributed by atoms with van der Waals surface area (Å²) in [5.74, 6) is 0.555. The van der Waals surface area contributed by atoms with E-state index < -0.39 is 0 Å². The zero-order chi connectivity index (χ0) is 20.4. The van der Waals surface area contributed by atoms with Gasteiger partial charge < -0.3 is 11.1 Å². The number of benzene rings is 1. The molecule has 1 amide bonds. The van der Waals surface area contributed by atoms with Crippen LogP contribution in [-0.2, 0) is 17.6 Å². The van der Waals surface area contributed by atoms with E-state index in [1.165, 1.54) is 0 Å². The fourth-order valence-corrected chi connectivity index (χ4v) is 3.29. The number of hydrogen-bond donors (Lipinski definition) is 2. The average molecular weight is 390 g/mol. The van der Waals surface area contributed by atoms with Gasteiger partial charge in [-0.15, -0.1) is 5.10 Å². The summed E-state index contributed by atoms with van der Waals surface area (Å²) in [6, 6.07) is 10.0. The molecule has 3 heterocycles. The summed E-state index contributed by atoms with van der Waals surface area (Å²) in [6.45, 7) is 4.31. The number of nitrogens with two attached hydrogens (primary N) is 1. The maximum atomic E-state index is 12.4. The molecule has 0 fully saturated rings. The summed E-state index contributed by atoms with van der Waals surface area (Å²) in [5, 5.41) is 11.3. The highest BCUT2D eigenvalue weighted by molar-refractivity contribution is 5.79. The number of nitrogens with one attached hydrogen (secondary N) is 1. The number of carbonyl (C=O) groups excluding carboxylic acids is 1. The molecule has 29 heavy (non-hydrogen) atoms. The van der Waals surface area contributed by atoms with Crippen molar-refractivity contribution in [2.75, 3.05) is 12.3 Å². The predicted octanol–water partition coefficient (Wildman–Crippen LogP) is 1.41. The molecule has 148 valence electrons. The standard InChI is InChI=1S/C20H22N8O/c1-13-17(14(2)28-20(24-13)25-19(21)26-28)12-18(29)22-10-8-15-4-6-16(7-5-15)27-11-3-9-23-27/h3-7,9,11H,8,10,12H2,1-2H3,(H2,21,26)(H,22,29). The molecule has 9 nitrogen and oxygen atoms in total. The van der Waals surface area contributed by atoms with Crippen LogP contribution in [-0.4, -0.2) is 41.8 Å². The van der Waals surface area contributed by atoms with E-state index in [1.54, 1.807) is 10.7 Å². The number of carbonyl (C=O) groups is 1. The van der Waals surface area contributed by atoms with Gasteiger partial charge in [-0.3, -0.25) is 4.79 Å². The Morgan fingerprint density at radius 1 is 1.17 bits per heavy atom. The lowest BCUT2D eigenvalue weighted by Crippen LogP contribution is -2.28. The van der Waals surface area contributed by atoms with Crippen LogP contribution in [0.25, 0.3) is 11.5 Å². The van der Waals surface area contributed by atoms with Gasteiger partial charge in [0.05, 0.1) is 12.1 Å². The van der Waals surface area contributed by atoms with E-state index in [0.717, 1.165) is 34.6 Å². The first kappa shape index (κ1) is 18.6. The lowest BCUT2D eigenvalue weighted by Gasteiger charge is -2.11. The highest BCUT2D eigenvalue weighted by atomic mass is 16.1. The van der Waals surface area contributed by atoms with Gasteiger partial charge in [0.25, 0.3) is 5.78 Å². The molecule has 0 aliphatic carbocycles. The molecule has 0 aliphatic heterocycles. The first-order valence-electron chi connectivity index (χ1n) is 9.35. The Labute approximate surface area is 167 Å². The Morgan fingerprint density at radius 2 is 1.97 bits per heavy atom. The topological polar surface area (TPSA) is 116 Å². The first-order chi connectivity index (χ1) is 14.0. The summed E-state index contributed by atoms with van der Waals surface area (Å²) < 4.78 is 3.38. The molecule has 0 atom stereocenters. The van der Waals surface area contributed by atoms with Crippen LogP contribution in [0.4, 0.5) is 5.95 Å². The Morgan fingerprint density at radius 3 is 2.69 bits per heavy atom. The summed E-state index contributed by atoms with van der Waals surface area (Å²) in [6.07, 6.45) is 4.63. The summed E-state index contributed by atoms with van der Waals surface area (Å²) >= 11 is 0. The minimum atomic E-state index is -0.0569. The third kappa shape index (κ3) is 3.93. The van der Waals surface area contributed by atoms with Gasteiger partial charge in [-0.05, 0) is 44.0 Å². The van der Waals surface area contributed by atoms with Crippen LogP contribution < -0.4 is 11.1 Å². The Bertz CT molecular complexity index is 1150. The largest absolute Gasteiger partial charge is 0.366 e. The lowest BCUT2D eigenvalue weighted by molar-refractivity contribution is -0.120.